The second-order valence-electron chi connectivity index (χ2n) is 6.33. The third-order valence-electron chi connectivity index (χ3n) is 4.36. The van der Waals surface area contributed by atoms with Gasteiger partial charge in [0.1, 0.15) is 17.0 Å². The number of anilines is 1. The van der Waals surface area contributed by atoms with Crippen molar-refractivity contribution in [2.45, 2.75) is 25.1 Å². The molecule has 1 fully saturated rings. The Bertz CT molecular complexity index is 728. The van der Waals surface area contributed by atoms with Crippen LogP contribution in [0.4, 0.5) is 10.6 Å². The second-order valence-corrected chi connectivity index (χ2v) is 7.14. The molecule has 0 radical (unpaired) electrons. The van der Waals surface area contributed by atoms with Gasteiger partial charge in [-0.3, -0.25) is 0 Å². The van der Waals surface area contributed by atoms with Gasteiger partial charge in [0.25, 0.3) is 0 Å². The number of aromatic nitrogens is 1. The molecule has 138 valence electrons. The third kappa shape index (κ3) is 4.95. The topological polar surface area (TPSA) is 66.5 Å². The van der Waals surface area contributed by atoms with Gasteiger partial charge in [-0.15, -0.1) is 0 Å². The summed E-state index contributed by atoms with van der Waals surface area (Å²) >= 11 is 3.38. The number of pyridine rings is 1. The minimum absolute atomic E-state index is 0.0907. The molecule has 1 amide bonds. The number of benzene rings is 1. The Morgan fingerprint density at radius 3 is 2.81 bits per heavy atom. The van der Waals surface area contributed by atoms with Crippen molar-refractivity contribution < 1.29 is 9.53 Å². The molecule has 7 heteroatoms. The Balaban J connectivity index is 1.60. The molecule has 0 saturated carbocycles. The van der Waals surface area contributed by atoms with Crippen LogP contribution in [0.3, 0.4) is 0 Å². The summed E-state index contributed by atoms with van der Waals surface area (Å²) in [5.74, 6) is 0.798. The van der Waals surface area contributed by atoms with Crippen molar-refractivity contribution in [3.05, 3.63) is 58.7 Å². The number of likely N-dealkylation sites (N-methyl/N-ethyl adjacent to an activating group) is 1. The molecule has 0 unspecified atom stereocenters. The number of ether oxygens (including phenoxy) is 1. The molecule has 1 aromatic heterocycles. The van der Waals surface area contributed by atoms with Gasteiger partial charge in [0.05, 0.1) is 0 Å². The Morgan fingerprint density at radius 1 is 1.27 bits per heavy atom. The summed E-state index contributed by atoms with van der Waals surface area (Å²) in [5.41, 5.74) is 0.984. The number of hydrogen-bond donors (Lipinski definition) is 2. The van der Waals surface area contributed by atoms with E-state index in [1.54, 1.807) is 4.90 Å². The summed E-state index contributed by atoms with van der Waals surface area (Å²) in [6, 6.07) is 15.7. The van der Waals surface area contributed by atoms with Gasteiger partial charge in [0, 0.05) is 25.2 Å². The second kappa shape index (κ2) is 9.00. The fraction of sp³-hybridized carbons (Fsp3) is 0.368. The number of nitrogens with one attached hydrogen (secondary N) is 2. The largest absolute Gasteiger partial charge is 0.445 e. The number of halogens is 1. The highest BCUT2D eigenvalue weighted by molar-refractivity contribution is 9.10. The maximum absolute atomic E-state index is 12.6. The normalized spacial score (nSPS) is 19.4. The van der Waals surface area contributed by atoms with Gasteiger partial charge in [-0.2, -0.15) is 0 Å². The van der Waals surface area contributed by atoms with Crippen LogP contribution >= 0.6 is 15.9 Å². The summed E-state index contributed by atoms with van der Waals surface area (Å²) in [4.78, 5) is 18.8. The minimum Gasteiger partial charge on any atom is -0.445 e. The first kappa shape index (κ1) is 18.7. The number of likely N-dealkylation sites (tertiary alicyclic amines) is 1. The van der Waals surface area contributed by atoms with Crippen LogP contribution < -0.4 is 10.6 Å². The van der Waals surface area contributed by atoms with Gasteiger partial charge >= 0.3 is 6.09 Å². The first-order valence-corrected chi connectivity index (χ1v) is 9.46. The zero-order valence-electron chi connectivity index (χ0n) is 14.7. The number of rotatable bonds is 6. The minimum atomic E-state index is -0.277. The summed E-state index contributed by atoms with van der Waals surface area (Å²) in [6.07, 6.45) is 0.566. The molecule has 3 rings (SSSR count). The highest BCUT2D eigenvalue weighted by atomic mass is 79.9. The standard InChI is InChI=1S/C19H23BrN4O2/c1-21-11-16-10-15(22-18-9-5-8-17(20)23-18)12-24(16)19(25)26-13-14-6-3-2-4-7-14/h2-9,15-16,21H,10-13H2,1H3,(H,22,23)/t15-,16-/m0/s1. The number of nitrogens with zero attached hydrogens (tertiary/aromatic N) is 2. The van der Waals surface area contributed by atoms with Gasteiger partial charge in [0.15, 0.2) is 0 Å². The maximum Gasteiger partial charge on any atom is 0.410 e. The average Bonchev–Trinajstić information content (AvgIpc) is 3.03. The Kier molecular flexibility index (Phi) is 6.46. The molecule has 26 heavy (non-hydrogen) atoms. The molecule has 1 aliphatic rings. The molecular formula is C19H23BrN4O2. The first-order valence-electron chi connectivity index (χ1n) is 8.66. The molecule has 2 heterocycles. The molecule has 0 bridgehead atoms. The van der Waals surface area contributed by atoms with Crippen molar-refractivity contribution in [3.8, 4) is 0 Å². The SMILES string of the molecule is CNC[C@@H]1C[C@H](Nc2cccc(Br)n2)CN1C(=O)OCc1ccccc1. The average molecular weight is 419 g/mol. The lowest BCUT2D eigenvalue weighted by molar-refractivity contribution is 0.0920. The molecule has 1 saturated heterocycles. The van der Waals surface area contributed by atoms with E-state index in [1.807, 2.05) is 55.6 Å². The van der Waals surface area contributed by atoms with E-state index >= 15 is 0 Å². The number of amides is 1. The van der Waals surface area contributed by atoms with Crippen LogP contribution in [0.25, 0.3) is 0 Å². The Hall–Kier alpha value is -2.12. The van der Waals surface area contributed by atoms with E-state index in [1.165, 1.54) is 0 Å². The molecule has 0 aliphatic carbocycles. The van der Waals surface area contributed by atoms with Crippen molar-refractivity contribution in [2.24, 2.45) is 0 Å². The van der Waals surface area contributed by atoms with Crippen molar-refractivity contribution in [2.75, 3.05) is 25.5 Å². The van der Waals surface area contributed by atoms with Crippen LogP contribution in [-0.2, 0) is 11.3 Å². The van der Waals surface area contributed by atoms with E-state index in [0.29, 0.717) is 6.54 Å². The van der Waals surface area contributed by atoms with Crippen molar-refractivity contribution in [1.29, 1.82) is 0 Å². The van der Waals surface area contributed by atoms with Gasteiger partial charge in [0.2, 0.25) is 0 Å². The molecule has 6 nitrogen and oxygen atoms in total. The van der Waals surface area contributed by atoms with E-state index in [0.717, 1.165) is 29.0 Å². The quantitative estimate of drug-likeness (QED) is 0.704. The zero-order valence-corrected chi connectivity index (χ0v) is 16.3. The lowest BCUT2D eigenvalue weighted by atomic mass is 10.1. The van der Waals surface area contributed by atoms with Crippen LogP contribution in [0.15, 0.2) is 53.1 Å². The van der Waals surface area contributed by atoms with Gasteiger partial charge in [-0.05, 0) is 47.1 Å². The first-order chi connectivity index (χ1) is 12.7. The Labute approximate surface area is 162 Å². The highest BCUT2D eigenvalue weighted by Crippen LogP contribution is 2.22. The number of carbonyl (C=O) groups is 1. The molecule has 2 N–H and O–H groups in total. The van der Waals surface area contributed by atoms with Crippen molar-refractivity contribution >= 4 is 27.8 Å². The van der Waals surface area contributed by atoms with E-state index in [9.17, 15) is 4.79 Å². The predicted molar refractivity (Wildman–Crippen MR) is 105 cm³/mol. The van der Waals surface area contributed by atoms with Crippen molar-refractivity contribution in [3.63, 3.8) is 0 Å². The zero-order chi connectivity index (χ0) is 18.4. The Morgan fingerprint density at radius 2 is 2.08 bits per heavy atom. The van der Waals surface area contributed by atoms with Crippen LogP contribution in [0.2, 0.25) is 0 Å². The molecule has 1 aliphatic heterocycles. The van der Waals surface area contributed by atoms with Gasteiger partial charge < -0.3 is 20.3 Å². The van der Waals surface area contributed by atoms with Gasteiger partial charge in [-0.1, -0.05) is 36.4 Å². The smallest absolute Gasteiger partial charge is 0.410 e. The molecular weight excluding hydrogens is 396 g/mol. The number of hydrogen-bond acceptors (Lipinski definition) is 5. The summed E-state index contributed by atoms with van der Waals surface area (Å²) in [7, 11) is 1.89. The summed E-state index contributed by atoms with van der Waals surface area (Å²) in [6.45, 7) is 1.60. The third-order valence-corrected chi connectivity index (χ3v) is 4.80. The lowest BCUT2D eigenvalue weighted by Gasteiger charge is -2.23. The molecule has 1 aromatic carbocycles. The van der Waals surface area contributed by atoms with Crippen LogP contribution in [0.1, 0.15) is 12.0 Å². The number of carbonyl (C=O) groups excluding carboxylic acids is 1. The molecule has 2 aromatic rings. The van der Waals surface area contributed by atoms with Crippen LogP contribution in [0, 0.1) is 0 Å². The van der Waals surface area contributed by atoms with E-state index in [-0.39, 0.29) is 24.8 Å². The van der Waals surface area contributed by atoms with E-state index in [4.69, 9.17) is 4.74 Å². The van der Waals surface area contributed by atoms with Crippen LogP contribution in [-0.4, -0.2) is 48.2 Å². The maximum atomic E-state index is 12.6. The van der Waals surface area contributed by atoms with Gasteiger partial charge in [-0.25, -0.2) is 9.78 Å². The fourth-order valence-electron chi connectivity index (χ4n) is 3.17. The summed E-state index contributed by atoms with van der Waals surface area (Å²) in [5, 5.41) is 6.57. The van der Waals surface area contributed by atoms with E-state index in [2.05, 4.69) is 31.5 Å². The fourth-order valence-corrected chi connectivity index (χ4v) is 3.52. The monoisotopic (exact) mass is 418 g/mol. The van der Waals surface area contributed by atoms with E-state index < -0.39 is 0 Å². The molecule has 2 atom stereocenters. The highest BCUT2D eigenvalue weighted by Gasteiger charge is 2.36. The molecule has 0 spiro atoms. The predicted octanol–water partition coefficient (Wildman–Crippen LogP) is 3.26. The lowest BCUT2D eigenvalue weighted by Crippen LogP contribution is -2.41. The summed E-state index contributed by atoms with van der Waals surface area (Å²) < 4.78 is 6.30. The van der Waals surface area contributed by atoms with Crippen molar-refractivity contribution in [1.82, 2.24) is 15.2 Å². The van der Waals surface area contributed by atoms with Crippen LogP contribution in [0.5, 0.6) is 0 Å².